The van der Waals surface area contributed by atoms with Crippen molar-refractivity contribution in [1.29, 1.82) is 0 Å². The van der Waals surface area contributed by atoms with E-state index in [4.69, 9.17) is 5.11 Å². The number of carboxylic acid groups (broad SMARTS) is 1. The average Bonchev–Trinajstić information content (AvgIpc) is 1.84. The van der Waals surface area contributed by atoms with Crippen molar-refractivity contribution in [1.82, 2.24) is 0 Å². The molecule has 2 nitrogen and oxygen atoms in total. The van der Waals surface area contributed by atoms with E-state index in [1.165, 1.54) is 0 Å². The molecule has 1 radical (unpaired) electrons. The Morgan fingerprint density at radius 2 is 1.21 bits per heavy atom. The molecule has 81 valence electrons. The zero-order valence-corrected chi connectivity index (χ0v) is 13.3. The zero-order valence-electron chi connectivity index (χ0n) is 10.4. The Labute approximate surface area is 113 Å². The predicted octanol–water partition coefficient (Wildman–Crippen LogP) is 3.17. The monoisotopic (exact) mass is 275 g/mol. The molecule has 0 unspecified atom stereocenters. The normalized spacial score (nSPS) is 13.4. The maximum absolute atomic E-state index is 11.1. The molecule has 0 saturated heterocycles. The van der Waals surface area contributed by atoms with Gasteiger partial charge in [0, 0.05) is 32.7 Å². The number of aliphatic carboxylic acids is 1. The molecule has 1 N–H and O–H groups in total. The molecule has 0 bridgehead atoms. The molecular weight excluding hydrogens is 253 g/mol. The van der Waals surface area contributed by atoms with Gasteiger partial charge in [-0.15, -0.1) is 0 Å². The van der Waals surface area contributed by atoms with Crippen LogP contribution in [0.2, 0.25) is 0 Å². The quantitative estimate of drug-likeness (QED) is 0.840. The van der Waals surface area contributed by atoms with E-state index in [1.807, 2.05) is 13.8 Å². The summed E-state index contributed by atoms with van der Waals surface area (Å²) in [5, 5.41) is 9.14. The van der Waals surface area contributed by atoms with E-state index in [9.17, 15) is 4.79 Å². The van der Waals surface area contributed by atoms with Crippen LogP contribution in [0.5, 0.6) is 0 Å². The van der Waals surface area contributed by atoms with Crippen LogP contribution >= 0.6 is 0 Å². The van der Waals surface area contributed by atoms with E-state index < -0.39 is 11.4 Å². The second-order valence-electron chi connectivity index (χ2n) is 5.81. The Morgan fingerprint density at radius 1 is 0.929 bits per heavy atom. The summed E-state index contributed by atoms with van der Waals surface area (Å²) in [7, 11) is 0. The van der Waals surface area contributed by atoms with E-state index in [2.05, 4.69) is 20.8 Å². The van der Waals surface area contributed by atoms with Crippen LogP contribution in [-0.2, 0) is 37.5 Å². The van der Waals surface area contributed by atoms with E-state index in [1.54, 1.807) is 13.8 Å². The number of carboxylic acids is 1. The standard InChI is InChI=1S/C11H22O2.Y/c1-9(2,3)11(6,7)10(4,5)8(12)13;/h1-7H3,(H,12,13);. The number of hydrogen-bond donors (Lipinski definition) is 1. The van der Waals surface area contributed by atoms with Crippen LogP contribution < -0.4 is 0 Å². The van der Waals surface area contributed by atoms with Gasteiger partial charge in [0.25, 0.3) is 0 Å². The minimum absolute atomic E-state index is 0. The fraction of sp³-hybridized carbons (Fsp3) is 0.909. The zero-order chi connectivity index (χ0) is 11.1. The predicted molar refractivity (Wildman–Crippen MR) is 54.7 cm³/mol. The molecule has 0 aromatic heterocycles. The molecule has 0 aliphatic carbocycles. The third-order valence-electron chi connectivity index (χ3n) is 3.97. The van der Waals surface area contributed by atoms with Crippen molar-refractivity contribution in [3.05, 3.63) is 0 Å². The number of carbonyl (C=O) groups is 1. The molecule has 0 aliphatic heterocycles. The third-order valence-corrected chi connectivity index (χ3v) is 3.97. The molecule has 0 rings (SSSR count). The van der Waals surface area contributed by atoms with Gasteiger partial charge in [0.15, 0.2) is 0 Å². The van der Waals surface area contributed by atoms with Crippen LogP contribution in [0.25, 0.3) is 0 Å². The Bertz CT molecular complexity index is 212. The smallest absolute Gasteiger partial charge is 0.309 e. The van der Waals surface area contributed by atoms with Gasteiger partial charge in [0.2, 0.25) is 0 Å². The minimum atomic E-state index is -0.729. The summed E-state index contributed by atoms with van der Waals surface area (Å²) >= 11 is 0. The van der Waals surface area contributed by atoms with Crippen LogP contribution in [0.1, 0.15) is 48.5 Å². The summed E-state index contributed by atoms with van der Waals surface area (Å²) in [5.41, 5.74) is -0.966. The minimum Gasteiger partial charge on any atom is -0.481 e. The van der Waals surface area contributed by atoms with Crippen molar-refractivity contribution in [3.8, 4) is 0 Å². The van der Waals surface area contributed by atoms with E-state index in [0.717, 1.165) is 0 Å². The van der Waals surface area contributed by atoms with Gasteiger partial charge in [-0.1, -0.05) is 34.6 Å². The molecule has 0 atom stereocenters. The maximum atomic E-state index is 11.1. The molecule has 0 spiro atoms. The molecule has 0 heterocycles. The van der Waals surface area contributed by atoms with Gasteiger partial charge >= 0.3 is 5.97 Å². The first kappa shape index (κ1) is 17.0. The van der Waals surface area contributed by atoms with Crippen LogP contribution in [-0.4, -0.2) is 11.1 Å². The van der Waals surface area contributed by atoms with Crippen molar-refractivity contribution in [2.75, 3.05) is 0 Å². The Morgan fingerprint density at radius 3 is 1.29 bits per heavy atom. The molecule has 0 amide bonds. The maximum Gasteiger partial charge on any atom is 0.309 e. The van der Waals surface area contributed by atoms with Crippen molar-refractivity contribution in [2.24, 2.45) is 16.2 Å². The summed E-state index contributed by atoms with van der Waals surface area (Å²) < 4.78 is 0. The fourth-order valence-corrected chi connectivity index (χ4v) is 1.20. The molecule has 0 fully saturated rings. The van der Waals surface area contributed by atoms with Crippen molar-refractivity contribution >= 4 is 5.97 Å². The number of hydrogen-bond acceptors (Lipinski definition) is 1. The first-order chi connectivity index (χ1) is 5.44. The molecule has 0 aliphatic rings. The SMILES string of the molecule is CC(C)(C)C(C)(C)C(C)(C)C(=O)O.[Y]. The van der Waals surface area contributed by atoms with E-state index in [-0.39, 0.29) is 43.5 Å². The Kier molecular flexibility index (Phi) is 5.59. The molecule has 0 aromatic rings. The molecular formula is C11H22O2Y. The van der Waals surface area contributed by atoms with Crippen LogP contribution in [0.3, 0.4) is 0 Å². The Hall–Kier alpha value is 0.574. The van der Waals surface area contributed by atoms with Gasteiger partial charge in [-0.05, 0) is 24.7 Å². The third kappa shape index (κ3) is 2.79. The van der Waals surface area contributed by atoms with Gasteiger partial charge in [-0.3, -0.25) is 4.79 Å². The van der Waals surface area contributed by atoms with Crippen molar-refractivity contribution in [3.63, 3.8) is 0 Å². The molecule has 3 heteroatoms. The number of rotatable bonds is 2. The average molecular weight is 275 g/mol. The Balaban J connectivity index is 0. The van der Waals surface area contributed by atoms with Crippen LogP contribution in [0.15, 0.2) is 0 Å². The summed E-state index contributed by atoms with van der Waals surface area (Å²) in [5.74, 6) is -0.729. The van der Waals surface area contributed by atoms with Gasteiger partial charge in [-0.25, -0.2) is 0 Å². The van der Waals surface area contributed by atoms with E-state index >= 15 is 0 Å². The van der Waals surface area contributed by atoms with Gasteiger partial charge in [0.05, 0.1) is 5.41 Å². The molecule has 14 heavy (non-hydrogen) atoms. The topological polar surface area (TPSA) is 37.3 Å². The second-order valence-corrected chi connectivity index (χ2v) is 5.81. The van der Waals surface area contributed by atoms with Gasteiger partial charge < -0.3 is 5.11 Å². The first-order valence-corrected chi connectivity index (χ1v) is 4.68. The van der Waals surface area contributed by atoms with E-state index in [0.29, 0.717) is 0 Å². The summed E-state index contributed by atoms with van der Waals surface area (Å²) in [6, 6.07) is 0. The van der Waals surface area contributed by atoms with Crippen LogP contribution in [0, 0.1) is 16.2 Å². The summed E-state index contributed by atoms with van der Waals surface area (Å²) in [6.45, 7) is 13.9. The molecule has 0 saturated carbocycles. The van der Waals surface area contributed by atoms with Gasteiger partial charge in [-0.2, -0.15) is 0 Å². The fourth-order valence-electron chi connectivity index (χ4n) is 1.20. The second kappa shape index (κ2) is 4.61. The van der Waals surface area contributed by atoms with Crippen molar-refractivity contribution < 1.29 is 42.6 Å². The molecule has 0 aromatic carbocycles. The van der Waals surface area contributed by atoms with Crippen molar-refractivity contribution in [2.45, 2.75) is 48.5 Å². The van der Waals surface area contributed by atoms with Crippen LogP contribution in [0.4, 0.5) is 0 Å². The van der Waals surface area contributed by atoms with Gasteiger partial charge in [0.1, 0.15) is 0 Å². The largest absolute Gasteiger partial charge is 0.481 e. The summed E-state index contributed by atoms with van der Waals surface area (Å²) in [4.78, 5) is 11.1. The first-order valence-electron chi connectivity index (χ1n) is 4.68. The summed E-state index contributed by atoms with van der Waals surface area (Å²) in [6.07, 6.45) is 0.